The van der Waals surface area contributed by atoms with E-state index in [-0.39, 0.29) is 5.91 Å². The van der Waals surface area contributed by atoms with Gasteiger partial charge in [-0.1, -0.05) is 71.9 Å². The zero-order chi connectivity index (χ0) is 19.3. The van der Waals surface area contributed by atoms with E-state index >= 15 is 0 Å². The molecule has 4 aromatic rings. The Morgan fingerprint density at radius 1 is 0.929 bits per heavy atom. The molecule has 140 valence electrons. The van der Waals surface area contributed by atoms with Crippen molar-refractivity contribution in [2.24, 2.45) is 0 Å². The van der Waals surface area contributed by atoms with Crippen LogP contribution in [0.1, 0.15) is 5.56 Å². The van der Waals surface area contributed by atoms with Crippen LogP contribution in [0.3, 0.4) is 0 Å². The fourth-order valence-electron chi connectivity index (χ4n) is 2.54. The van der Waals surface area contributed by atoms with E-state index in [1.54, 1.807) is 11.3 Å². The Morgan fingerprint density at radius 2 is 1.61 bits per heavy atom. The van der Waals surface area contributed by atoms with Crippen molar-refractivity contribution in [3.63, 3.8) is 0 Å². The van der Waals surface area contributed by atoms with Crippen LogP contribution in [0.2, 0.25) is 0 Å². The normalized spacial score (nSPS) is 10.8. The summed E-state index contributed by atoms with van der Waals surface area (Å²) in [6.07, 6.45) is 0. The molecule has 2 aromatic carbocycles. The molecule has 0 radical (unpaired) electrons. The monoisotopic (exact) mass is 423 g/mol. The third kappa shape index (κ3) is 4.67. The van der Waals surface area contributed by atoms with Crippen LogP contribution in [0.5, 0.6) is 0 Å². The van der Waals surface area contributed by atoms with E-state index < -0.39 is 0 Å². The number of carbonyl (C=O) groups is 1. The highest BCUT2D eigenvalue weighted by atomic mass is 32.2. The summed E-state index contributed by atoms with van der Waals surface area (Å²) in [6.45, 7) is 2.05. The van der Waals surface area contributed by atoms with Crippen LogP contribution in [0.4, 0.5) is 5.13 Å². The van der Waals surface area contributed by atoms with Crippen LogP contribution in [0.25, 0.3) is 22.5 Å². The SMILES string of the molecule is Cc1ccc(-c2csc(NC(=O)CSc3nc(-c4ccccc4)cs3)n2)cc1. The first-order valence-corrected chi connectivity index (χ1v) is 11.4. The largest absolute Gasteiger partial charge is 0.301 e. The number of thiazole rings is 2. The van der Waals surface area contributed by atoms with E-state index in [4.69, 9.17) is 0 Å². The number of hydrogen-bond donors (Lipinski definition) is 1. The molecule has 0 unspecified atom stereocenters. The minimum atomic E-state index is -0.0775. The van der Waals surface area contributed by atoms with Crippen molar-refractivity contribution in [1.29, 1.82) is 0 Å². The van der Waals surface area contributed by atoms with E-state index in [0.29, 0.717) is 10.9 Å². The van der Waals surface area contributed by atoms with Crippen molar-refractivity contribution < 1.29 is 4.79 Å². The van der Waals surface area contributed by atoms with Gasteiger partial charge in [-0.05, 0) is 6.92 Å². The predicted octanol–water partition coefficient (Wildman–Crippen LogP) is 5.97. The van der Waals surface area contributed by atoms with Crippen LogP contribution >= 0.6 is 34.4 Å². The van der Waals surface area contributed by atoms with Gasteiger partial charge in [-0.2, -0.15) is 0 Å². The smallest absolute Gasteiger partial charge is 0.236 e. The molecule has 0 saturated heterocycles. The van der Waals surface area contributed by atoms with E-state index in [1.807, 2.05) is 53.2 Å². The van der Waals surface area contributed by atoms with Crippen molar-refractivity contribution in [2.75, 3.05) is 11.1 Å². The molecule has 2 aromatic heterocycles. The molecule has 4 nitrogen and oxygen atoms in total. The zero-order valence-corrected chi connectivity index (χ0v) is 17.5. The van der Waals surface area contributed by atoms with Gasteiger partial charge in [-0.25, -0.2) is 9.97 Å². The lowest BCUT2D eigenvalue weighted by Crippen LogP contribution is -2.13. The van der Waals surface area contributed by atoms with Gasteiger partial charge in [-0.3, -0.25) is 4.79 Å². The van der Waals surface area contributed by atoms with Gasteiger partial charge in [0.25, 0.3) is 0 Å². The van der Waals surface area contributed by atoms with Crippen molar-refractivity contribution in [3.8, 4) is 22.5 Å². The molecule has 0 aliphatic rings. The maximum Gasteiger partial charge on any atom is 0.236 e. The Bertz CT molecular complexity index is 1070. The molecule has 1 amide bonds. The topological polar surface area (TPSA) is 54.9 Å². The quantitative estimate of drug-likeness (QED) is 0.388. The second kappa shape index (κ2) is 8.68. The number of benzene rings is 2. The molecule has 7 heteroatoms. The fraction of sp³-hybridized carbons (Fsp3) is 0.0952. The molecule has 0 saturated carbocycles. The third-order valence-corrected chi connectivity index (χ3v) is 6.76. The summed E-state index contributed by atoms with van der Waals surface area (Å²) in [5.41, 5.74) is 5.16. The molecule has 0 spiro atoms. The summed E-state index contributed by atoms with van der Waals surface area (Å²) >= 11 is 4.43. The molecular weight excluding hydrogens is 406 g/mol. The highest BCUT2D eigenvalue weighted by Gasteiger charge is 2.11. The summed E-state index contributed by atoms with van der Waals surface area (Å²) in [5, 5.41) is 7.47. The molecule has 0 aliphatic carbocycles. The van der Waals surface area contributed by atoms with Gasteiger partial charge in [0, 0.05) is 21.9 Å². The molecule has 0 atom stereocenters. The second-order valence-corrected chi connectivity index (χ2v) is 9.04. The number of hydrogen-bond acceptors (Lipinski definition) is 6. The first-order valence-electron chi connectivity index (χ1n) is 8.63. The molecule has 0 bridgehead atoms. The lowest BCUT2D eigenvalue weighted by atomic mass is 10.1. The summed E-state index contributed by atoms with van der Waals surface area (Å²) in [7, 11) is 0. The number of amides is 1. The maximum absolute atomic E-state index is 12.3. The highest BCUT2D eigenvalue weighted by molar-refractivity contribution is 8.01. The van der Waals surface area contributed by atoms with Crippen molar-refractivity contribution >= 4 is 45.5 Å². The van der Waals surface area contributed by atoms with Gasteiger partial charge >= 0.3 is 0 Å². The number of aromatic nitrogens is 2. The molecule has 4 rings (SSSR count). The predicted molar refractivity (Wildman–Crippen MR) is 119 cm³/mol. The van der Waals surface area contributed by atoms with Gasteiger partial charge in [0.05, 0.1) is 17.1 Å². The van der Waals surface area contributed by atoms with Gasteiger partial charge < -0.3 is 5.32 Å². The van der Waals surface area contributed by atoms with Crippen molar-refractivity contribution in [2.45, 2.75) is 11.3 Å². The van der Waals surface area contributed by atoms with Crippen LogP contribution < -0.4 is 5.32 Å². The van der Waals surface area contributed by atoms with Crippen LogP contribution in [0.15, 0.2) is 69.7 Å². The Hall–Kier alpha value is -2.48. The Morgan fingerprint density at radius 3 is 2.39 bits per heavy atom. The minimum absolute atomic E-state index is 0.0775. The van der Waals surface area contributed by atoms with Gasteiger partial charge in [0.2, 0.25) is 5.91 Å². The molecule has 2 heterocycles. The Labute approximate surface area is 175 Å². The first-order chi connectivity index (χ1) is 13.7. The minimum Gasteiger partial charge on any atom is -0.301 e. The first kappa shape index (κ1) is 18.9. The van der Waals surface area contributed by atoms with Crippen LogP contribution in [-0.2, 0) is 4.79 Å². The van der Waals surface area contributed by atoms with E-state index in [9.17, 15) is 4.79 Å². The molecule has 0 aliphatic heterocycles. The number of nitrogens with one attached hydrogen (secondary N) is 1. The van der Waals surface area contributed by atoms with Gasteiger partial charge in [-0.15, -0.1) is 22.7 Å². The molecule has 28 heavy (non-hydrogen) atoms. The highest BCUT2D eigenvalue weighted by Crippen LogP contribution is 2.29. The molecule has 1 N–H and O–H groups in total. The second-order valence-electron chi connectivity index (χ2n) is 6.11. The number of thioether (sulfide) groups is 1. The lowest BCUT2D eigenvalue weighted by Gasteiger charge is -2.00. The van der Waals surface area contributed by atoms with E-state index in [1.165, 1.54) is 28.7 Å². The number of carbonyl (C=O) groups excluding carboxylic acids is 1. The Balaban J connectivity index is 1.33. The Kier molecular flexibility index (Phi) is 5.85. The summed E-state index contributed by atoms with van der Waals surface area (Å²) in [4.78, 5) is 21.4. The third-order valence-electron chi connectivity index (χ3n) is 3.98. The number of aryl methyl sites for hydroxylation is 1. The number of anilines is 1. The fourth-order valence-corrected chi connectivity index (χ4v) is 4.91. The lowest BCUT2D eigenvalue weighted by molar-refractivity contribution is -0.113. The number of nitrogens with zero attached hydrogens (tertiary/aromatic N) is 2. The van der Waals surface area contributed by atoms with Crippen LogP contribution in [0, 0.1) is 6.92 Å². The summed E-state index contributed by atoms with van der Waals surface area (Å²) in [6, 6.07) is 18.2. The number of rotatable bonds is 6. The van der Waals surface area contributed by atoms with Crippen LogP contribution in [-0.4, -0.2) is 21.6 Å². The summed E-state index contributed by atoms with van der Waals surface area (Å²) < 4.78 is 0.883. The summed E-state index contributed by atoms with van der Waals surface area (Å²) in [5.74, 6) is 0.229. The zero-order valence-electron chi connectivity index (χ0n) is 15.1. The average Bonchev–Trinajstić information content (AvgIpc) is 3.37. The molecule has 0 fully saturated rings. The van der Waals surface area contributed by atoms with Gasteiger partial charge in [0.15, 0.2) is 9.47 Å². The standard InChI is InChI=1S/C21H17N3OS3/c1-14-7-9-16(10-8-14)17-11-26-20(22-17)24-19(25)13-28-21-23-18(12-27-21)15-5-3-2-4-6-15/h2-12H,13H2,1H3,(H,22,24,25). The van der Waals surface area contributed by atoms with Gasteiger partial charge in [0.1, 0.15) is 0 Å². The molecular formula is C21H17N3OS3. The maximum atomic E-state index is 12.3. The van der Waals surface area contributed by atoms with E-state index in [2.05, 4.69) is 34.3 Å². The van der Waals surface area contributed by atoms with E-state index in [0.717, 1.165) is 26.9 Å². The van der Waals surface area contributed by atoms with Crippen molar-refractivity contribution in [3.05, 3.63) is 70.9 Å². The average molecular weight is 424 g/mol. The van der Waals surface area contributed by atoms with Crippen molar-refractivity contribution in [1.82, 2.24) is 9.97 Å².